The molecule has 2 unspecified atom stereocenters. The minimum atomic E-state index is -0.133. The maximum atomic E-state index is 12.1. The number of carbonyl (C=O) groups excluding carboxylic acids is 1. The Hall–Kier alpha value is -1.59. The Labute approximate surface area is 132 Å². The highest BCUT2D eigenvalue weighted by molar-refractivity contribution is 5.97. The number of rotatable bonds is 5. The van der Waals surface area contributed by atoms with Crippen LogP contribution in [0.3, 0.4) is 0 Å². The molecule has 1 aliphatic rings. The van der Waals surface area contributed by atoms with Gasteiger partial charge in [0, 0.05) is 30.4 Å². The summed E-state index contributed by atoms with van der Waals surface area (Å²) in [7, 11) is 2.16. The number of likely N-dealkylation sites (tertiary alicyclic amines) is 1. The Balaban J connectivity index is 2.10. The van der Waals surface area contributed by atoms with Crippen LogP contribution >= 0.6 is 0 Å². The highest BCUT2D eigenvalue weighted by Gasteiger charge is 2.24. The second kappa shape index (κ2) is 7.61. The smallest absolute Gasteiger partial charge is 0.251 e. The number of carbonyl (C=O) groups is 1. The number of hydrogen-bond donors (Lipinski definition) is 3. The van der Waals surface area contributed by atoms with E-state index in [0.717, 1.165) is 30.8 Å². The lowest BCUT2D eigenvalue weighted by Crippen LogP contribution is -2.43. The van der Waals surface area contributed by atoms with Crippen LogP contribution in [0.15, 0.2) is 18.2 Å². The van der Waals surface area contributed by atoms with Gasteiger partial charge in [0.05, 0.1) is 6.61 Å². The van der Waals surface area contributed by atoms with Gasteiger partial charge in [-0.15, -0.1) is 0 Å². The number of anilines is 1. The summed E-state index contributed by atoms with van der Waals surface area (Å²) in [6.45, 7) is 6.65. The first kappa shape index (κ1) is 16.8. The lowest BCUT2D eigenvalue weighted by molar-refractivity contribution is 0.0944. The van der Waals surface area contributed by atoms with Crippen LogP contribution in [0.4, 0.5) is 5.69 Å². The average molecular weight is 305 g/mol. The maximum Gasteiger partial charge on any atom is 0.251 e. The highest BCUT2D eigenvalue weighted by atomic mass is 16.3. The first-order valence-corrected chi connectivity index (χ1v) is 7.96. The Kier molecular flexibility index (Phi) is 5.80. The molecular weight excluding hydrogens is 278 g/mol. The zero-order valence-electron chi connectivity index (χ0n) is 13.7. The summed E-state index contributed by atoms with van der Waals surface area (Å²) < 4.78 is 0. The number of aliphatic hydroxyl groups is 1. The van der Waals surface area contributed by atoms with E-state index in [0.29, 0.717) is 17.5 Å². The number of nitrogens with one attached hydrogen (secondary N) is 2. The molecule has 0 aliphatic carbocycles. The molecule has 22 heavy (non-hydrogen) atoms. The van der Waals surface area contributed by atoms with Gasteiger partial charge in [-0.1, -0.05) is 13.0 Å². The molecule has 1 amide bonds. The van der Waals surface area contributed by atoms with E-state index in [-0.39, 0.29) is 19.1 Å². The summed E-state index contributed by atoms with van der Waals surface area (Å²) in [6, 6.07) is 6.20. The lowest BCUT2D eigenvalue weighted by Gasteiger charge is -2.36. The first-order valence-electron chi connectivity index (χ1n) is 7.96. The van der Waals surface area contributed by atoms with Crippen molar-refractivity contribution in [3.8, 4) is 0 Å². The summed E-state index contributed by atoms with van der Waals surface area (Å²) >= 11 is 0. The first-order chi connectivity index (χ1) is 10.5. The van der Waals surface area contributed by atoms with E-state index < -0.39 is 0 Å². The zero-order valence-corrected chi connectivity index (χ0v) is 13.7. The molecule has 0 spiro atoms. The van der Waals surface area contributed by atoms with Gasteiger partial charge in [-0.05, 0) is 50.6 Å². The predicted octanol–water partition coefficient (Wildman–Crippen LogP) is 1.47. The van der Waals surface area contributed by atoms with Gasteiger partial charge < -0.3 is 20.6 Å². The average Bonchev–Trinajstić information content (AvgIpc) is 2.49. The van der Waals surface area contributed by atoms with Gasteiger partial charge in [0.15, 0.2) is 0 Å². The second-order valence-electron chi connectivity index (χ2n) is 6.24. The quantitative estimate of drug-likeness (QED) is 0.771. The minimum Gasteiger partial charge on any atom is -0.395 e. The zero-order chi connectivity index (χ0) is 16.1. The fourth-order valence-corrected chi connectivity index (χ4v) is 3.07. The third-order valence-corrected chi connectivity index (χ3v) is 4.43. The predicted molar refractivity (Wildman–Crippen MR) is 89.3 cm³/mol. The maximum absolute atomic E-state index is 12.1. The van der Waals surface area contributed by atoms with Crippen LogP contribution in [0.1, 0.15) is 29.3 Å². The standard InChI is InChI=1S/C17H27N3O2/c1-12-11-20(3)9-7-15(12)19-16-6-4-5-14(13(16)2)17(22)18-8-10-21/h4-6,12,15,19,21H,7-11H2,1-3H3,(H,18,22). The van der Waals surface area contributed by atoms with E-state index in [9.17, 15) is 4.79 Å². The van der Waals surface area contributed by atoms with Crippen molar-refractivity contribution in [2.24, 2.45) is 5.92 Å². The third kappa shape index (κ3) is 3.99. The summed E-state index contributed by atoms with van der Waals surface area (Å²) in [4.78, 5) is 14.5. The van der Waals surface area contributed by atoms with Crippen LogP contribution in [0, 0.1) is 12.8 Å². The molecule has 5 nitrogen and oxygen atoms in total. The third-order valence-electron chi connectivity index (χ3n) is 4.43. The van der Waals surface area contributed by atoms with Gasteiger partial charge in [-0.25, -0.2) is 0 Å². The van der Waals surface area contributed by atoms with E-state index in [1.807, 2.05) is 25.1 Å². The van der Waals surface area contributed by atoms with Gasteiger partial charge in [0.2, 0.25) is 0 Å². The van der Waals surface area contributed by atoms with Gasteiger partial charge >= 0.3 is 0 Å². The molecule has 1 heterocycles. The minimum absolute atomic E-state index is 0.0458. The fraction of sp³-hybridized carbons (Fsp3) is 0.588. The van der Waals surface area contributed by atoms with Crippen molar-refractivity contribution >= 4 is 11.6 Å². The molecular formula is C17H27N3O2. The molecule has 0 bridgehead atoms. The molecule has 122 valence electrons. The van der Waals surface area contributed by atoms with E-state index in [4.69, 9.17) is 5.11 Å². The van der Waals surface area contributed by atoms with Crippen LogP contribution in [0.2, 0.25) is 0 Å². The van der Waals surface area contributed by atoms with Gasteiger partial charge in [0.25, 0.3) is 5.91 Å². The molecule has 2 atom stereocenters. The summed E-state index contributed by atoms with van der Waals surface area (Å²) in [6.07, 6.45) is 1.11. The Morgan fingerprint density at radius 3 is 2.91 bits per heavy atom. The number of piperidine rings is 1. The molecule has 1 fully saturated rings. The number of hydrogen-bond acceptors (Lipinski definition) is 4. The molecule has 1 aromatic carbocycles. The number of aliphatic hydroxyl groups excluding tert-OH is 1. The molecule has 0 aromatic heterocycles. The topological polar surface area (TPSA) is 64.6 Å². The van der Waals surface area contributed by atoms with E-state index in [1.165, 1.54) is 0 Å². The van der Waals surface area contributed by atoms with Crippen molar-refractivity contribution in [1.82, 2.24) is 10.2 Å². The molecule has 0 saturated carbocycles. The van der Waals surface area contributed by atoms with Crippen LogP contribution in [-0.2, 0) is 0 Å². The van der Waals surface area contributed by atoms with Crippen molar-refractivity contribution in [2.45, 2.75) is 26.3 Å². The fourth-order valence-electron chi connectivity index (χ4n) is 3.07. The van der Waals surface area contributed by atoms with E-state index in [2.05, 4.69) is 29.5 Å². The number of benzene rings is 1. The lowest BCUT2D eigenvalue weighted by atomic mass is 9.93. The number of amides is 1. The molecule has 1 saturated heterocycles. The van der Waals surface area contributed by atoms with Crippen LogP contribution < -0.4 is 10.6 Å². The SMILES string of the molecule is Cc1c(NC2CCN(C)CC2C)cccc1C(=O)NCCO. The van der Waals surface area contributed by atoms with E-state index in [1.54, 1.807) is 0 Å². The van der Waals surface area contributed by atoms with Crippen LogP contribution in [0.25, 0.3) is 0 Å². The summed E-state index contributed by atoms with van der Waals surface area (Å²) in [5.74, 6) is 0.441. The van der Waals surface area contributed by atoms with Crippen molar-refractivity contribution in [3.63, 3.8) is 0 Å². The monoisotopic (exact) mass is 305 g/mol. The van der Waals surface area contributed by atoms with Crippen molar-refractivity contribution in [1.29, 1.82) is 0 Å². The summed E-state index contributed by atoms with van der Waals surface area (Å²) in [5, 5.41) is 15.1. The van der Waals surface area contributed by atoms with Crippen molar-refractivity contribution in [3.05, 3.63) is 29.3 Å². The summed E-state index contributed by atoms with van der Waals surface area (Å²) in [5.41, 5.74) is 2.65. The molecule has 3 N–H and O–H groups in total. The second-order valence-corrected chi connectivity index (χ2v) is 6.24. The van der Waals surface area contributed by atoms with E-state index >= 15 is 0 Å². The van der Waals surface area contributed by atoms with Gasteiger partial charge in [-0.3, -0.25) is 4.79 Å². The molecule has 0 radical (unpaired) electrons. The highest BCUT2D eigenvalue weighted by Crippen LogP contribution is 2.24. The molecule has 5 heteroatoms. The molecule has 1 aliphatic heterocycles. The van der Waals surface area contributed by atoms with Crippen LogP contribution in [0.5, 0.6) is 0 Å². The number of nitrogens with zero attached hydrogens (tertiary/aromatic N) is 1. The Bertz CT molecular complexity index is 519. The van der Waals surface area contributed by atoms with Gasteiger partial charge in [0.1, 0.15) is 0 Å². The Morgan fingerprint density at radius 1 is 1.45 bits per heavy atom. The molecule has 1 aromatic rings. The van der Waals surface area contributed by atoms with Crippen molar-refractivity contribution in [2.75, 3.05) is 38.6 Å². The normalized spacial score (nSPS) is 22.4. The molecule has 2 rings (SSSR count). The van der Waals surface area contributed by atoms with Gasteiger partial charge in [-0.2, -0.15) is 0 Å². The largest absolute Gasteiger partial charge is 0.395 e. The van der Waals surface area contributed by atoms with Crippen LogP contribution in [-0.4, -0.2) is 55.2 Å². The van der Waals surface area contributed by atoms with Crippen molar-refractivity contribution < 1.29 is 9.90 Å². The Morgan fingerprint density at radius 2 is 2.23 bits per heavy atom.